The SMILES string of the molecule is CC(C)[C@@H]1[C@@H](N)CCN1Cc1ccccc1. The van der Waals surface area contributed by atoms with Crippen LogP contribution in [0, 0.1) is 5.92 Å². The minimum atomic E-state index is 0.351. The first-order valence-corrected chi connectivity index (χ1v) is 6.22. The molecule has 2 rings (SSSR count). The summed E-state index contributed by atoms with van der Waals surface area (Å²) in [4.78, 5) is 2.53. The highest BCUT2D eigenvalue weighted by Crippen LogP contribution is 2.24. The number of nitrogens with two attached hydrogens (primary N) is 1. The predicted octanol–water partition coefficient (Wildman–Crippen LogP) is 2.24. The third-order valence-corrected chi connectivity index (χ3v) is 3.52. The standard InChI is InChI=1S/C14H22N2/c1-11(2)14-13(15)8-9-16(14)10-12-6-4-3-5-7-12/h3-7,11,13-14H,8-10,15H2,1-2H3/t13-,14+/m0/s1. The number of likely N-dealkylation sites (tertiary alicyclic amines) is 1. The van der Waals surface area contributed by atoms with Crippen LogP contribution in [0.1, 0.15) is 25.8 Å². The van der Waals surface area contributed by atoms with Gasteiger partial charge in [0.1, 0.15) is 0 Å². The van der Waals surface area contributed by atoms with Crippen LogP contribution in [-0.4, -0.2) is 23.5 Å². The predicted molar refractivity (Wildman–Crippen MR) is 68.1 cm³/mol. The van der Waals surface area contributed by atoms with Crippen molar-refractivity contribution in [3.63, 3.8) is 0 Å². The van der Waals surface area contributed by atoms with E-state index in [0.717, 1.165) is 19.5 Å². The molecular formula is C14H22N2. The Bertz CT molecular complexity index is 321. The number of rotatable bonds is 3. The summed E-state index contributed by atoms with van der Waals surface area (Å²) in [6.07, 6.45) is 1.13. The van der Waals surface area contributed by atoms with Gasteiger partial charge in [-0.25, -0.2) is 0 Å². The van der Waals surface area contributed by atoms with Gasteiger partial charge in [0.05, 0.1) is 0 Å². The van der Waals surface area contributed by atoms with Crippen LogP contribution in [0.5, 0.6) is 0 Å². The number of benzene rings is 1. The molecule has 2 atom stereocenters. The van der Waals surface area contributed by atoms with E-state index in [1.165, 1.54) is 5.56 Å². The van der Waals surface area contributed by atoms with Crippen LogP contribution in [0.3, 0.4) is 0 Å². The van der Waals surface area contributed by atoms with Crippen molar-refractivity contribution >= 4 is 0 Å². The molecule has 1 aliphatic rings. The van der Waals surface area contributed by atoms with Crippen LogP contribution in [0.4, 0.5) is 0 Å². The van der Waals surface area contributed by atoms with Gasteiger partial charge in [0, 0.05) is 25.2 Å². The van der Waals surface area contributed by atoms with E-state index >= 15 is 0 Å². The second-order valence-electron chi connectivity index (χ2n) is 5.14. The van der Waals surface area contributed by atoms with E-state index < -0.39 is 0 Å². The maximum absolute atomic E-state index is 6.18. The summed E-state index contributed by atoms with van der Waals surface area (Å²) < 4.78 is 0. The lowest BCUT2D eigenvalue weighted by molar-refractivity contribution is 0.188. The molecule has 0 bridgehead atoms. The molecule has 0 amide bonds. The molecule has 2 N–H and O–H groups in total. The summed E-state index contributed by atoms with van der Waals surface area (Å²) in [6.45, 7) is 6.72. The average Bonchev–Trinajstić information content (AvgIpc) is 2.61. The first kappa shape index (κ1) is 11.6. The van der Waals surface area contributed by atoms with Crippen molar-refractivity contribution in [3.05, 3.63) is 35.9 Å². The lowest BCUT2D eigenvalue weighted by Crippen LogP contribution is -2.42. The molecule has 2 nitrogen and oxygen atoms in total. The van der Waals surface area contributed by atoms with Gasteiger partial charge in [0.25, 0.3) is 0 Å². The van der Waals surface area contributed by atoms with Gasteiger partial charge in [-0.05, 0) is 17.9 Å². The normalized spacial score (nSPS) is 26.5. The van der Waals surface area contributed by atoms with Gasteiger partial charge in [-0.15, -0.1) is 0 Å². The van der Waals surface area contributed by atoms with Crippen molar-refractivity contribution in [2.75, 3.05) is 6.54 Å². The lowest BCUT2D eigenvalue weighted by atomic mass is 9.98. The molecule has 1 saturated heterocycles. The van der Waals surface area contributed by atoms with Gasteiger partial charge in [0.2, 0.25) is 0 Å². The second kappa shape index (κ2) is 4.98. The third kappa shape index (κ3) is 2.45. The highest BCUT2D eigenvalue weighted by Gasteiger charge is 2.33. The van der Waals surface area contributed by atoms with Crippen molar-refractivity contribution in [2.24, 2.45) is 11.7 Å². The Hall–Kier alpha value is -0.860. The Kier molecular flexibility index (Phi) is 3.62. The highest BCUT2D eigenvalue weighted by atomic mass is 15.2. The zero-order valence-corrected chi connectivity index (χ0v) is 10.3. The maximum Gasteiger partial charge on any atom is 0.0274 e. The molecule has 0 unspecified atom stereocenters. The first-order valence-electron chi connectivity index (χ1n) is 6.22. The molecular weight excluding hydrogens is 196 g/mol. The summed E-state index contributed by atoms with van der Waals surface area (Å²) in [5, 5.41) is 0. The fraction of sp³-hybridized carbons (Fsp3) is 0.571. The molecule has 0 aromatic heterocycles. The Morgan fingerprint density at radius 1 is 1.31 bits per heavy atom. The first-order chi connectivity index (χ1) is 7.68. The fourth-order valence-electron chi connectivity index (χ4n) is 2.82. The minimum absolute atomic E-state index is 0.351. The summed E-state index contributed by atoms with van der Waals surface area (Å²) in [7, 11) is 0. The molecule has 0 spiro atoms. The van der Waals surface area contributed by atoms with E-state index in [-0.39, 0.29) is 0 Å². The Labute approximate surface area is 98.4 Å². The largest absolute Gasteiger partial charge is 0.326 e. The Morgan fingerprint density at radius 2 is 2.00 bits per heavy atom. The lowest BCUT2D eigenvalue weighted by Gasteiger charge is -2.30. The minimum Gasteiger partial charge on any atom is -0.326 e. The van der Waals surface area contributed by atoms with Crippen LogP contribution < -0.4 is 5.73 Å². The average molecular weight is 218 g/mol. The fourth-order valence-corrected chi connectivity index (χ4v) is 2.82. The van der Waals surface area contributed by atoms with Gasteiger partial charge < -0.3 is 5.73 Å². The molecule has 0 radical (unpaired) electrons. The number of nitrogens with zero attached hydrogens (tertiary/aromatic N) is 1. The van der Waals surface area contributed by atoms with Gasteiger partial charge in [-0.1, -0.05) is 44.2 Å². The topological polar surface area (TPSA) is 29.3 Å². The van der Waals surface area contributed by atoms with Crippen LogP contribution in [0.25, 0.3) is 0 Å². The molecule has 1 fully saturated rings. The van der Waals surface area contributed by atoms with Crippen LogP contribution in [0.15, 0.2) is 30.3 Å². The summed E-state index contributed by atoms with van der Waals surface area (Å²) in [5.74, 6) is 0.640. The van der Waals surface area contributed by atoms with E-state index in [0.29, 0.717) is 18.0 Å². The monoisotopic (exact) mass is 218 g/mol. The van der Waals surface area contributed by atoms with Crippen LogP contribution in [-0.2, 0) is 6.54 Å². The number of hydrogen-bond donors (Lipinski definition) is 1. The summed E-state index contributed by atoms with van der Waals surface area (Å²) in [6, 6.07) is 11.6. The zero-order chi connectivity index (χ0) is 11.5. The van der Waals surface area contributed by atoms with E-state index in [1.807, 2.05) is 0 Å². The van der Waals surface area contributed by atoms with Crippen molar-refractivity contribution < 1.29 is 0 Å². The van der Waals surface area contributed by atoms with Gasteiger partial charge in [-0.3, -0.25) is 4.90 Å². The van der Waals surface area contributed by atoms with E-state index in [9.17, 15) is 0 Å². The number of hydrogen-bond acceptors (Lipinski definition) is 2. The van der Waals surface area contributed by atoms with Crippen molar-refractivity contribution in [3.8, 4) is 0 Å². The van der Waals surface area contributed by atoms with Crippen molar-refractivity contribution in [2.45, 2.75) is 38.9 Å². The van der Waals surface area contributed by atoms with Gasteiger partial charge in [0.15, 0.2) is 0 Å². The van der Waals surface area contributed by atoms with E-state index in [1.54, 1.807) is 0 Å². The smallest absolute Gasteiger partial charge is 0.0274 e. The van der Waals surface area contributed by atoms with Crippen LogP contribution >= 0.6 is 0 Å². The quantitative estimate of drug-likeness (QED) is 0.843. The van der Waals surface area contributed by atoms with Gasteiger partial charge >= 0.3 is 0 Å². The molecule has 1 aliphatic heterocycles. The summed E-state index contributed by atoms with van der Waals surface area (Å²) >= 11 is 0. The Morgan fingerprint density at radius 3 is 2.62 bits per heavy atom. The molecule has 1 heterocycles. The van der Waals surface area contributed by atoms with Gasteiger partial charge in [-0.2, -0.15) is 0 Å². The molecule has 0 aliphatic carbocycles. The molecule has 2 heteroatoms. The van der Waals surface area contributed by atoms with Crippen molar-refractivity contribution in [1.82, 2.24) is 4.90 Å². The highest BCUT2D eigenvalue weighted by molar-refractivity contribution is 5.15. The molecule has 88 valence electrons. The van der Waals surface area contributed by atoms with E-state index in [2.05, 4.69) is 49.1 Å². The maximum atomic E-state index is 6.18. The molecule has 16 heavy (non-hydrogen) atoms. The molecule has 1 aromatic rings. The molecule has 1 aromatic carbocycles. The van der Waals surface area contributed by atoms with Crippen molar-refractivity contribution in [1.29, 1.82) is 0 Å². The van der Waals surface area contributed by atoms with Crippen LogP contribution in [0.2, 0.25) is 0 Å². The molecule has 0 saturated carbocycles. The van der Waals surface area contributed by atoms with E-state index in [4.69, 9.17) is 5.73 Å². The third-order valence-electron chi connectivity index (χ3n) is 3.52. The summed E-state index contributed by atoms with van der Waals surface area (Å²) in [5.41, 5.74) is 7.57. The second-order valence-corrected chi connectivity index (χ2v) is 5.14. The zero-order valence-electron chi connectivity index (χ0n) is 10.3. The Balaban J connectivity index is 2.05.